The zero-order valence-corrected chi connectivity index (χ0v) is 15.6. The zero-order valence-electron chi connectivity index (χ0n) is 15.6. The van der Waals surface area contributed by atoms with Gasteiger partial charge in [-0.05, 0) is 67.2 Å². The van der Waals surface area contributed by atoms with Crippen LogP contribution in [0, 0.1) is 16.7 Å². The largest absolute Gasteiger partial charge is 0.393 e. The van der Waals surface area contributed by atoms with Gasteiger partial charge in [0.2, 0.25) is 0 Å². The Hall–Kier alpha value is -2.15. The van der Waals surface area contributed by atoms with Crippen LogP contribution in [-0.2, 0) is 12.1 Å². The van der Waals surface area contributed by atoms with E-state index < -0.39 is 0 Å². The summed E-state index contributed by atoms with van der Waals surface area (Å²) in [5, 5.41) is 19.2. The number of hydrogen-bond acceptors (Lipinski definition) is 3. The first-order valence-electron chi connectivity index (χ1n) is 10.1. The van der Waals surface area contributed by atoms with Crippen molar-refractivity contribution in [1.29, 1.82) is 5.26 Å². The highest BCUT2D eigenvalue weighted by Crippen LogP contribution is 2.63. The maximum absolute atomic E-state index is 10.0. The molecule has 1 saturated carbocycles. The average molecular weight is 358 g/mol. The summed E-state index contributed by atoms with van der Waals surface area (Å²) in [6.45, 7) is 0.976. The molecule has 3 fully saturated rings. The minimum atomic E-state index is -0.108. The van der Waals surface area contributed by atoms with Crippen molar-refractivity contribution in [3.8, 4) is 6.07 Å². The topological polar surface area (TPSA) is 47.3 Å². The first-order chi connectivity index (χ1) is 13.1. The summed E-state index contributed by atoms with van der Waals surface area (Å²) in [4.78, 5) is 2.74. The molecular formula is C24H26N2O. The van der Waals surface area contributed by atoms with Crippen molar-refractivity contribution in [3.05, 3.63) is 71.3 Å². The van der Waals surface area contributed by atoms with E-state index in [1.165, 1.54) is 30.4 Å². The lowest BCUT2D eigenvalue weighted by atomic mass is 9.56. The number of fused-ring (bicyclic) bond motifs is 2. The lowest BCUT2D eigenvalue weighted by Crippen LogP contribution is -2.58. The summed E-state index contributed by atoms with van der Waals surface area (Å²) >= 11 is 0. The van der Waals surface area contributed by atoms with Gasteiger partial charge in [-0.2, -0.15) is 5.26 Å². The van der Waals surface area contributed by atoms with Gasteiger partial charge in [0, 0.05) is 18.1 Å². The standard InChI is InChI=1S/C24H26N2O/c25-15-18-6-8-20(9-7-18)24-11-10-21(12-23(17-24)13-22(27)14-23)26(24)16-19-4-2-1-3-5-19/h1-9,21-22,27H,10-14,16-17H2. The zero-order chi connectivity index (χ0) is 18.5. The van der Waals surface area contributed by atoms with Crippen LogP contribution >= 0.6 is 0 Å². The van der Waals surface area contributed by atoms with Crippen LogP contribution in [0.5, 0.6) is 0 Å². The van der Waals surface area contributed by atoms with E-state index in [2.05, 4.69) is 53.4 Å². The smallest absolute Gasteiger partial charge is 0.0991 e. The Morgan fingerprint density at radius 2 is 1.78 bits per heavy atom. The second kappa shape index (κ2) is 6.19. The molecule has 2 aliphatic heterocycles. The third kappa shape index (κ3) is 2.71. The summed E-state index contributed by atoms with van der Waals surface area (Å²) in [5.41, 5.74) is 3.78. The molecule has 1 spiro atoms. The highest BCUT2D eigenvalue weighted by atomic mass is 16.3. The normalized spacial score (nSPS) is 35.0. The second-order valence-corrected chi connectivity index (χ2v) is 8.97. The quantitative estimate of drug-likeness (QED) is 0.887. The van der Waals surface area contributed by atoms with Crippen LogP contribution < -0.4 is 0 Å². The predicted molar refractivity (Wildman–Crippen MR) is 105 cm³/mol. The maximum atomic E-state index is 10.0. The number of rotatable bonds is 3. The van der Waals surface area contributed by atoms with Gasteiger partial charge in [0.05, 0.1) is 17.7 Å². The molecule has 138 valence electrons. The molecule has 2 aromatic carbocycles. The van der Waals surface area contributed by atoms with Crippen LogP contribution in [0.25, 0.3) is 0 Å². The van der Waals surface area contributed by atoms with Crippen molar-refractivity contribution >= 4 is 0 Å². The number of benzene rings is 2. The summed E-state index contributed by atoms with van der Waals surface area (Å²) in [5.74, 6) is 0. The molecule has 0 amide bonds. The van der Waals surface area contributed by atoms with Gasteiger partial charge < -0.3 is 5.11 Å². The fourth-order valence-corrected chi connectivity index (χ4v) is 6.23. The first-order valence-corrected chi connectivity index (χ1v) is 10.1. The van der Waals surface area contributed by atoms with E-state index in [0.29, 0.717) is 11.5 Å². The molecule has 0 radical (unpaired) electrons. The van der Waals surface area contributed by atoms with Gasteiger partial charge >= 0.3 is 0 Å². The van der Waals surface area contributed by atoms with Crippen molar-refractivity contribution < 1.29 is 5.11 Å². The minimum Gasteiger partial charge on any atom is -0.393 e. The van der Waals surface area contributed by atoms with Crippen LogP contribution in [0.4, 0.5) is 0 Å². The van der Waals surface area contributed by atoms with E-state index in [1.54, 1.807) is 0 Å². The monoisotopic (exact) mass is 358 g/mol. The summed E-state index contributed by atoms with van der Waals surface area (Å²) in [7, 11) is 0. The second-order valence-electron chi connectivity index (χ2n) is 8.97. The van der Waals surface area contributed by atoms with Gasteiger partial charge in [0.25, 0.3) is 0 Å². The van der Waals surface area contributed by atoms with Gasteiger partial charge in [0.1, 0.15) is 0 Å². The Labute approximate surface area is 161 Å². The van der Waals surface area contributed by atoms with E-state index >= 15 is 0 Å². The first kappa shape index (κ1) is 17.0. The molecule has 2 heterocycles. The predicted octanol–water partition coefficient (Wildman–Crippen LogP) is 4.35. The third-order valence-corrected chi connectivity index (χ3v) is 7.30. The summed E-state index contributed by atoms with van der Waals surface area (Å²) in [6.07, 6.45) is 6.56. The molecule has 5 rings (SSSR count). The average Bonchev–Trinajstić information content (AvgIpc) is 2.89. The third-order valence-electron chi connectivity index (χ3n) is 7.30. The molecule has 2 unspecified atom stereocenters. The molecule has 27 heavy (non-hydrogen) atoms. The summed E-state index contributed by atoms with van der Waals surface area (Å²) < 4.78 is 0. The van der Waals surface area contributed by atoms with E-state index in [9.17, 15) is 10.4 Å². The van der Waals surface area contributed by atoms with Gasteiger partial charge in [-0.1, -0.05) is 42.5 Å². The molecule has 1 N–H and O–H groups in total. The molecule has 3 heteroatoms. The van der Waals surface area contributed by atoms with Crippen molar-refractivity contribution in [3.63, 3.8) is 0 Å². The van der Waals surface area contributed by atoms with Crippen LogP contribution in [0.3, 0.4) is 0 Å². The lowest BCUT2D eigenvalue weighted by molar-refractivity contribution is -0.120. The van der Waals surface area contributed by atoms with E-state index in [-0.39, 0.29) is 11.6 Å². The lowest BCUT2D eigenvalue weighted by Gasteiger charge is -2.58. The molecule has 2 atom stereocenters. The van der Waals surface area contributed by atoms with Crippen LogP contribution in [0.15, 0.2) is 54.6 Å². The fourth-order valence-electron chi connectivity index (χ4n) is 6.23. The molecule has 2 bridgehead atoms. The van der Waals surface area contributed by atoms with Crippen LogP contribution in [-0.4, -0.2) is 22.2 Å². The van der Waals surface area contributed by atoms with E-state index in [4.69, 9.17) is 0 Å². The van der Waals surface area contributed by atoms with Crippen LogP contribution in [0.1, 0.15) is 55.2 Å². The van der Waals surface area contributed by atoms with Gasteiger partial charge in [0.15, 0.2) is 0 Å². The Morgan fingerprint density at radius 3 is 2.44 bits per heavy atom. The Balaban J connectivity index is 1.54. The fraction of sp³-hybridized carbons (Fsp3) is 0.458. The van der Waals surface area contributed by atoms with E-state index in [1.807, 2.05) is 12.1 Å². The minimum absolute atomic E-state index is 0.0346. The number of hydrogen-bond donors (Lipinski definition) is 1. The number of piperidine rings is 1. The number of aliphatic hydroxyl groups excluding tert-OH is 1. The van der Waals surface area contributed by atoms with Crippen molar-refractivity contribution in [2.24, 2.45) is 5.41 Å². The SMILES string of the molecule is N#Cc1ccc(C23CCC(CC4(CC(O)C4)C2)N3Cc2ccccc2)cc1. The molecule has 2 saturated heterocycles. The molecule has 0 aromatic heterocycles. The number of nitriles is 1. The highest BCUT2D eigenvalue weighted by molar-refractivity contribution is 5.37. The van der Waals surface area contributed by atoms with Crippen molar-refractivity contribution in [2.45, 2.75) is 62.8 Å². The van der Waals surface area contributed by atoms with Crippen molar-refractivity contribution in [1.82, 2.24) is 4.90 Å². The maximum Gasteiger partial charge on any atom is 0.0991 e. The van der Waals surface area contributed by atoms with Gasteiger partial charge in [-0.25, -0.2) is 0 Å². The van der Waals surface area contributed by atoms with E-state index in [0.717, 1.165) is 31.4 Å². The molecule has 3 nitrogen and oxygen atoms in total. The number of aliphatic hydroxyl groups is 1. The van der Waals surface area contributed by atoms with Gasteiger partial charge in [-0.3, -0.25) is 4.90 Å². The molecular weight excluding hydrogens is 332 g/mol. The number of nitrogens with zero attached hydrogens (tertiary/aromatic N) is 2. The molecule has 2 aromatic rings. The Morgan fingerprint density at radius 1 is 1.04 bits per heavy atom. The Kier molecular flexibility index (Phi) is 3.89. The van der Waals surface area contributed by atoms with Crippen molar-refractivity contribution in [2.75, 3.05) is 0 Å². The van der Waals surface area contributed by atoms with Crippen LogP contribution in [0.2, 0.25) is 0 Å². The Bertz CT molecular complexity index is 864. The molecule has 1 aliphatic carbocycles. The van der Waals surface area contributed by atoms with Gasteiger partial charge in [-0.15, -0.1) is 0 Å². The molecule has 3 aliphatic rings. The highest BCUT2D eigenvalue weighted by Gasteiger charge is 2.60. The summed E-state index contributed by atoms with van der Waals surface area (Å²) in [6, 6.07) is 21.9.